The van der Waals surface area contributed by atoms with Crippen molar-refractivity contribution in [3.8, 4) is 0 Å². The molecule has 0 radical (unpaired) electrons. The van der Waals surface area contributed by atoms with Gasteiger partial charge in [0.05, 0.1) is 11.6 Å². The van der Waals surface area contributed by atoms with E-state index >= 15 is 0 Å². The highest BCUT2D eigenvalue weighted by Gasteiger charge is 2.32. The number of amides is 1. The van der Waals surface area contributed by atoms with Crippen molar-refractivity contribution in [2.45, 2.75) is 19.3 Å². The van der Waals surface area contributed by atoms with Gasteiger partial charge in [-0.25, -0.2) is 13.8 Å². The first-order chi connectivity index (χ1) is 16.6. The van der Waals surface area contributed by atoms with E-state index in [2.05, 4.69) is 14.3 Å². The van der Waals surface area contributed by atoms with Gasteiger partial charge in [-0.1, -0.05) is 24.3 Å². The van der Waals surface area contributed by atoms with E-state index in [1.807, 2.05) is 15.9 Å². The first-order valence-corrected chi connectivity index (χ1v) is 12.4. The molecule has 2 aliphatic rings. The Labute approximate surface area is 202 Å². The second-order valence-electron chi connectivity index (χ2n) is 8.85. The molecule has 2 aliphatic heterocycles. The molecule has 1 aromatic heterocycles. The number of hydrogen-bond donors (Lipinski definition) is 0. The highest BCUT2D eigenvalue weighted by atomic mass is 32.1. The molecule has 6 nitrogen and oxygen atoms in total. The third-order valence-corrected chi connectivity index (χ3v) is 7.37. The van der Waals surface area contributed by atoms with Crippen molar-refractivity contribution in [2.24, 2.45) is 5.92 Å². The van der Waals surface area contributed by atoms with Crippen LogP contribution in [0.1, 0.15) is 24.2 Å². The van der Waals surface area contributed by atoms with Gasteiger partial charge in [-0.3, -0.25) is 4.79 Å². The molecule has 3 aromatic rings. The molecule has 3 heterocycles. The Kier molecular flexibility index (Phi) is 6.71. The Balaban J connectivity index is 1.17. The number of rotatable bonds is 5. The van der Waals surface area contributed by atoms with Crippen molar-refractivity contribution in [2.75, 3.05) is 49.1 Å². The summed E-state index contributed by atoms with van der Waals surface area (Å²) in [5.41, 5.74) is 1.57. The quantitative estimate of drug-likeness (QED) is 0.550. The summed E-state index contributed by atoms with van der Waals surface area (Å²) < 4.78 is 31.7. The van der Waals surface area contributed by atoms with Crippen LogP contribution in [0.25, 0.3) is 0 Å². The van der Waals surface area contributed by atoms with E-state index in [9.17, 15) is 13.6 Å². The van der Waals surface area contributed by atoms with Crippen molar-refractivity contribution in [3.05, 3.63) is 71.6 Å². The Morgan fingerprint density at radius 1 is 0.971 bits per heavy atom. The van der Waals surface area contributed by atoms with Gasteiger partial charge in [0.1, 0.15) is 17.5 Å². The van der Waals surface area contributed by atoms with Gasteiger partial charge in [-0.05, 0) is 42.7 Å². The molecule has 34 heavy (non-hydrogen) atoms. The fourth-order valence-electron chi connectivity index (χ4n) is 4.72. The average Bonchev–Trinajstić information content (AvgIpc) is 3.34. The van der Waals surface area contributed by atoms with Crippen molar-refractivity contribution in [1.82, 2.24) is 14.3 Å². The molecule has 2 fully saturated rings. The van der Waals surface area contributed by atoms with Gasteiger partial charge in [-0.2, -0.15) is 4.37 Å². The predicted octanol–water partition coefficient (Wildman–Crippen LogP) is 3.97. The Hall–Kier alpha value is -3.07. The molecule has 1 amide bonds. The molecule has 2 aromatic carbocycles. The summed E-state index contributed by atoms with van der Waals surface area (Å²) in [7, 11) is 0. The second kappa shape index (κ2) is 10.0. The van der Waals surface area contributed by atoms with Gasteiger partial charge in [0.25, 0.3) is 0 Å². The lowest BCUT2D eigenvalue weighted by atomic mass is 9.96. The number of benzene rings is 2. The molecule has 9 heteroatoms. The monoisotopic (exact) mass is 483 g/mol. The number of hydrogen-bond acceptors (Lipinski definition) is 6. The van der Waals surface area contributed by atoms with Crippen LogP contribution in [0.2, 0.25) is 0 Å². The van der Waals surface area contributed by atoms with Crippen molar-refractivity contribution < 1.29 is 13.6 Å². The zero-order valence-corrected chi connectivity index (χ0v) is 19.7. The van der Waals surface area contributed by atoms with Gasteiger partial charge >= 0.3 is 0 Å². The number of piperazine rings is 1. The molecule has 2 saturated heterocycles. The number of para-hydroxylation sites is 1. The number of carbonyl (C=O) groups is 1. The number of carbonyl (C=O) groups excluding carboxylic acids is 1. The smallest absolute Gasteiger partial charge is 0.227 e. The third-order valence-electron chi connectivity index (χ3n) is 6.56. The number of piperidine rings is 1. The normalized spacial score (nSPS) is 18.9. The summed E-state index contributed by atoms with van der Waals surface area (Å²) in [5, 5.41) is 0.832. The Morgan fingerprint density at radius 3 is 2.50 bits per heavy atom. The molecule has 5 rings (SSSR count). The molecule has 0 N–H and O–H groups in total. The van der Waals surface area contributed by atoms with E-state index in [1.165, 1.54) is 29.7 Å². The third kappa shape index (κ3) is 5.04. The summed E-state index contributed by atoms with van der Waals surface area (Å²) in [5.74, 6) is 0.339. The van der Waals surface area contributed by atoms with Crippen LogP contribution in [0.4, 0.5) is 19.6 Å². The first-order valence-electron chi connectivity index (χ1n) is 11.7. The fourth-order valence-corrected chi connectivity index (χ4v) is 5.44. The molecule has 0 bridgehead atoms. The molecule has 0 aliphatic carbocycles. The molecular weight excluding hydrogens is 456 g/mol. The topological polar surface area (TPSA) is 52.6 Å². The van der Waals surface area contributed by atoms with E-state index in [0.29, 0.717) is 50.7 Å². The van der Waals surface area contributed by atoms with Gasteiger partial charge in [0, 0.05) is 57.2 Å². The van der Waals surface area contributed by atoms with Crippen LogP contribution in [0.5, 0.6) is 0 Å². The van der Waals surface area contributed by atoms with Crippen LogP contribution in [0.15, 0.2) is 48.5 Å². The maximum absolute atomic E-state index is 14.1. The van der Waals surface area contributed by atoms with Crippen molar-refractivity contribution in [3.63, 3.8) is 0 Å². The lowest BCUT2D eigenvalue weighted by Crippen LogP contribution is -2.52. The summed E-state index contributed by atoms with van der Waals surface area (Å²) in [6, 6.07) is 13.2. The SMILES string of the molecule is O=C(C1CCCN(c2nc(Cc3ccc(F)cc3)ns2)C1)N1CCN(c2ccccc2F)CC1. The maximum Gasteiger partial charge on any atom is 0.227 e. The van der Waals surface area contributed by atoms with E-state index in [1.54, 1.807) is 24.3 Å². The van der Waals surface area contributed by atoms with Crippen molar-refractivity contribution in [1.29, 1.82) is 0 Å². The second-order valence-corrected chi connectivity index (χ2v) is 9.58. The largest absolute Gasteiger partial charge is 0.366 e. The van der Waals surface area contributed by atoms with E-state index in [-0.39, 0.29) is 23.5 Å². The number of halogens is 2. The molecule has 0 saturated carbocycles. The lowest BCUT2D eigenvalue weighted by molar-refractivity contribution is -0.136. The van der Waals surface area contributed by atoms with Crippen LogP contribution in [0.3, 0.4) is 0 Å². The zero-order valence-electron chi connectivity index (χ0n) is 18.9. The Bertz CT molecular complexity index is 1130. The van der Waals surface area contributed by atoms with Gasteiger partial charge in [0.2, 0.25) is 11.0 Å². The summed E-state index contributed by atoms with van der Waals surface area (Å²) >= 11 is 1.35. The molecule has 178 valence electrons. The molecule has 0 spiro atoms. The van der Waals surface area contributed by atoms with Gasteiger partial charge in [0.15, 0.2) is 0 Å². The highest BCUT2D eigenvalue weighted by molar-refractivity contribution is 7.09. The minimum Gasteiger partial charge on any atom is -0.366 e. The number of aromatic nitrogens is 2. The predicted molar refractivity (Wildman–Crippen MR) is 129 cm³/mol. The van der Waals surface area contributed by atoms with E-state index < -0.39 is 0 Å². The van der Waals surface area contributed by atoms with Gasteiger partial charge < -0.3 is 14.7 Å². The summed E-state index contributed by atoms with van der Waals surface area (Å²) in [6.07, 6.45) is 2.35. The van der Waals surface area contributed by atoms with Gasteiger partial charge in [-0.15, -0.1) is 0 Å². The highest BCUT2D eigenvalue weighted by Crippen LogP contribution is 2.27. The van der Waals surface area contributed by atoms with E-state index in [4.69, 9.17) is 0 Å². The number of anilines is 2. The summed E-state index contributed by atoms with van der Waals surface area (Å²) in [6.45, 7) is 3.96. The maximum atomic E-state index is 14.1. The summed E-state index contributed by atoms with van der Waals surface area (Å²) in [4.78, 5) is 24.0. The van der Waals surface area contributed by atoms with Crippen LogP contribution in [-0.2, 0) is 11.2 Å². The van der Waals surface area contributed by atoms with Crippen LogP contribution >= 0.6 is 11.5 Å². The van der Waals surface area contributed by atoms with Crippen LogP contribution in [-0.4, -0.2) is 59.4 Å². The fraction of sp³-hybridized carbons (Fsp3) is 0.400. The lowest BCUT2D eigenvalue weighted by Gasteiger charge is -2.39. The van der Waals surface area contributed by atoms with Crippen LogP contribution < -0.4 is 9.80 Å². The standard InChI is InChI=1S/C25H27F2N5OS/c26-20-9-7-18(8-10-20)16-23-28-25(34-29-23)32-11-3-4-19(17-32)24(33)31-14-12-30(13-15-31)22-6-2-1-5-21(22)27/h1-2,5-10,19H,3-4,11-17H2. The minimum atomic E-state index is -0.256. The Morgan fingerprint density at radius 2 is 1.74 bits per heavy atom. The van der Waals surface area contributed by atoms with Crippen LogP contribution in [0, 0.1) is 17.6 Å². The zero-order chi connectivity index (χ0) is 23.5. The average molecular weight is 484 g/mol. The van der Waals surface area contributed by atoms with E-state index in [0.717, 1.165) is 30.1 Å². The molecule has 1 atom stereocenters. The molecular formula is C25H27F2N5OS. The first kappa shape index (κ1) is 22.7. The van der Waals surface area contributed by atoms with Crippen molar-refractivity contribution >= 4 is 28.3 Å². The number of nitrogens with zero attached hydrogens (tertiary/aromatic N) is 5. The minimum absolute atomic E-state index is 0.0711. The molecule has 1 unspecified atom stereocenters.